The molecule has 0 aliphatic carbocycles. The zero-order valence-electron chi connectivity index (χ0n) is 10.2. The van der Waals surface area contributed by atoms with Crippen molar-refractivity contribution in [2.24, 2.45) is 0 Å². The predicted octanol–water partition coefficient (Wildman–Crippen LogP) is 1.81. The fourth-order valence-corrected chi connectivity index (χ4v) is 2.13. The average molecular weight is 275 g/mol. The summed E-state index contributed by atoms with van der Waals surface area (Å²) < 4.78 is 26.2. The van der Waals surface area contributed by atoms with Crippen LogP contribution in [0.2, 0.25) is 0 Å². The zero-order valence-corrected chi connectivity index (χ0v) is 11.0. The normalized spacial score (nSPS) is 14.1. The van der Waals surface area contributed by atoms with Crippen molar-refractivity contribution in [1.82, 2.24) is 5.32 Å². The molecule has 0 fully saturated rings. The van der Waals surface area contributed by atoms with Gasteiger partial charge in [0.15, 0.2) is 11.6 Å². The second-order valence-electron chi connectivity index (χ2n) is 4.21. The lowest BCUT2D eigenvalue weighted by molar-refractivity contribution is 0.0722. The summed E-state index contributed by atoms with van der Waals surface area (Å²) in [6.07, 6.45) is 1.82. The number of halogens is 2. The number of amides is 1. The average Bonchev–Trinajstić information content (AvgIpc) is 2.30. The van der Waals surface area contributed by atoms with Gasteiger partial charge in [0, 0.05) is 12.3 Å². The number of aliphatic hydroxyl groups is 1. The highest BCUT2D eigenvalue weighted by atomic mass is 32.2. The molecule has 0 aliphatic heterocycles. The lowest BCUT2D eigenvalue weighted by Gasteiger charge is -2.22. The van der Waals surface area contributed by atoms with Crippen LogP contribution < -0.4 is 5.32 Å². The first-order valence-corrected chi connectivity index (χ1v) is 6.70. The topological polar surface area (TPSA) is 49.3 Å². The Morgan fingerprint density at radius 1 is 1.50 bits per heavy atom. The van der Waals surface area contributed by atoms with Gasteiger partial charge in [0.1, 0.15) is 0 Å². The molecule has 0 bridgehead atoms. The van der Waals surface area contributed by atoms with Crippen LogP contribution in [0.3, 0.4) is 0 Å². The number of thioether (sulfide) groups is 1. The Kier molecular flexibility index (Phi) is 5.10. The van der Waals surface area contributed by atoms with E-state index in [9.17, 15) is 18.7 Å². The van der Waals surface area contributed by atoms with E-state index in [0.717, 1.165) is 6.07 Å². The second-order valence-corrected chi connectivity index (χ2v) is 5.08. The molecular weight excluding hydrogens is 260 g/mol. The minimum atomic E-state index is -1.18. The SMILES string of the molecule is CSCC(C)(O)CNC(=O)c1cccc(F)c1F. The van der Waals surface area contributed by atoms with E-state index in [4.69, 9.17) is 0 Å². The first-order chi connectivity index (χ1) is 8.37. The Balaban J connectivity index is 2.69. The Labute approximate surface area is 109 Å². The van der Waals surface area contributed by atoms with Gasteiger partial charge in [0.25, 0.3) is 5.91 Å². The predicted molar refractivity (Wildman–Crippen MR) is 67.7 cm³/mol. The fraction of sp³-hybridized carbons (Fsp3) is 0.417. The maximum absolute atomic E-state index is 13.3. The summed E-state index contributed by atoms with van der Waals surface area (Å²) in [7, 11) is 0. The van der Waals surface area contributed by atoms with Crippen molar-refractivity contribution in [3.05, 3.63) is 35.4 Å². The Bertz CT molecular complexity index is 438. The molecule has 18 heavy (non-hydrogen) atoms. The van der Waals surface area contributed by atoms with Gasteiger partial charge in [-0.2, -0.15) is 11.8 Å². The van der Waals surface area contributed by atoms with Crippen LogP contribution >= 0.6 is 11.8 Å². The van der Waals surface area contributed by atoms with E-state index < -0.39 is 23.1 Å². The van der Waals surface area contributed by atoms with E-state index in [1.54, 1.807) is 6.92 Å². The van der Waals surface area contributed by atoms with E-state index in [-0.39, 0.29) is 12.1 Å². The molecule has 2 N–H and O–H groups in total. The van der Waals surface area contributed by atoms with Gasteiger partial charge >= 0.3 is 0 Å². The van der Waals surface area contributed by atoms with Gasteiger partial charge < -0.3 is 10.4 Å². The Morgan fingerprint density at radius 2 is 2.17 bits per heavy atom. The number of carbonyl (C=O) groups is 1. The summed E-state index contributed by atoms with van der Waals surface area (Å²) in [5.41, 5.74) is -1.45. The van der Waals surface area contributed by atoms with E-state index in [2.05, 4.69) is 5.32 Å². The zero-order chi connectivity index (χ0) is 13.8. The van der Waals surface area contributed by atoms with Crippen molar-refractivity contribution < 1.29 is 18.7 Å². The smallest absolute Gasteiger partial charge is 0.254 e. The number of carbonyl (C=O) groups excluding carboxylic acids is 1. The summed E-state index contributed by atoms with van der Waals surface area (Å²) >= 11 is 1.43. The molecule has 100 valence electrons. The highest BCUT2D eigenvalue weighted by Crippen LogP contribution is 2.12. The molecule has 0 heterocycles. The van der Waals surface area contributed by atoms with Crippen molar-refractivity contribution in [2.45, 2.75) is 12.5 Å². The van der Waals surface area contributed by atoms with Crippen molar-refractivity contribution in [2.75, 3.05) is 18.6 Å². The van der Waals surface area contributed by atoms with Gasteiger partial charge in [-0.3, -0.25) is 4.79 Å². The van der Waals surface area contributed by atoms with Crippen LogP contribution in [0, 0.1) is 11.6 Å². The van der Waals surface area contributed by atoms with E-state index in [1.807, 2.05) is 6.26 Å². The van der Waals surface area contributed by atoms with Gasteiger partial charge in [-0.1, -0.05) is 6.07 Å². The van der Waals surface area contributed by atoms with Gasteiger partial charge in [-0.25, -0.2) is 8.78 Å². The van der Waals surface area contributed by atoms with Gasteiger partial charge in [-0.05, 0) is 25.3 Å². The number of nitrogens with one attached hydrogen (secondary N) is 1. The molecule has 1 unspecified atom stereocenters. The third-order valence-electron chi connectivity index (χ3n) is 2.28. The first-order valence-electron chi connectivity index (χ1n) is 5.31. The largest absolute Gasteiger partial charge is 0.387 e. The van der Waals surface area contributed by atoms with Crippen LogP contribution in [-0.2, 0) is 0 Å². The minimum Gasteiger partial charge on any atom is -0.387 e. The van der Waals surface area contributed by atoms with Crippen LogP contribution in [0.15, 0.2) is 18.2 Å². The molecular formula is C12H15F2NO2S. The van der Waals surface area contributed by atoms with E-state index >= 15 is 0 Å². The van der Waals surface area contributed by atoms with E-state index in [0.29, 0.717) is 5.75 Å². The van der Waals surface area contributed by atoms with Crippen LogP contribution in [0.5, 0.6) is 0 Å². The van der Waals surface area contributed by atoms with Crippen molar-refractivity contribution >= 4 is 17.7 Å². The number of benzene rings is 1. The quantitative estimate of drug-likeness (QED) is 0.861. The maximum atomic E-state index is 13.3. The first kappa shape index (κ1) is 14.9. The molecule has 1 rings (SSSR count). The molecule has 1 atom stereocenters. The summed E-state index contributed by atoms with van der Waals surface area (Å²) in [5.74, 6) is -2.56. The van der Waals surface area contributed by atoms with Crippen LogP contribution in [0.25, 0.3) is 0 Å². The lowest BCUT2D eigenvalue weighted by atomic mass is 10.1. The molecule has 6 heteroatoms. The molecule has 3 nitrogen and oxygen atoms in total. The highest BCUT2D eigenvalue weighted by Gasteiger charge is 2.22. The fourth-order valence-electron chi connectivity index (χ4n) is 1.41. The Morgan fingerprint density at radius 3 is 2.78 bits per heavy atom. The van der Waals surface area contributed by atoms with Gasteiger partial charge in [-0.15, -0.1) is 0 Å². The summed E-state index contributed by atoms with van der Waals surface area (Å²) in [6, 6.07) is 3.39. The summed E-state index contributed by atoms with van der Waals surface area (Å²) in [5, 5.41) is 12.2. The van der Waals surface area contributed by atoms with Crippen molar-refractivity contribution in [1.29, 1.82) is 0 Å². The third kappa shape index (κ3) is 3.96. The van der Waals surface area contributed by atoms with Gasteiger partial charge in [0.05, 0.1) is 11.2 Å². The summed E-state index contributed by atoms with van der Waals surface area (Å²) in [4.78, 5) is 11.6. The maximum Gasteiger partial charge on any atom is 0.254 e. The molecule has 1 aromatic carbocycles. The number of hydrogen-bond acceptors (Lipinski definition) is 3. The molecule has 0 saturated heterocycles. The van der Waals surface area contributed by atoms with Crippen LogP contribution in [0.4, 0.5) is 8.78 Å². The monoisotopic (exact) mass is 275 g/mol. The van der Waals surface area contributed by atoms with Crippen molar-refractivity contribution in [3.63, 3.8) is 0 Å². The standard InChI is InChI=1S/C12H15F2NO2S/c1-12(17,7-18-2)6-15-11(16)8-4-3-5-9(13)10(8)14/h3-5,17H,6-7H2,1-2H3,(H,15,16). The highest BCUT2D eigenvalue weighted by molar-refractivity contribution is 7.98. The van der Waals surface area contributed by atoms with Crippen LogP contribution in [0.1, 0.15) is 17.3 Å². The number of hydrogen-bond donors (Lipinski definition) is 2. The lowest BCUT2D eigenvalue weighted by Crippen LogP contribution is -2.42. The molecule has 1 aromatic rings. The molecule has 0 radical (unpaired) electrons. The number of rotatable bonds is 5. The van der Waals surface area contributed by atoms with Crippen molar-refractivity contribution in [3.8, 4) is 0 Å². The molecule has 0 aromatic heterocycles. The second kappa shape index (κ2) is 6.15. The molecule has 0 saturated carbocycles. The minimum absolute atomic E-state index is 0.0252. The summed E-state index contributed by atoms with van der Waals surface area (Å²) in [6.45, 7) is 1.54. The molecule has 1 amide bonds. The molecule has 0 spiro atoms. The van der Waals surface area contributed by atoms with Gasteiger partial charge in [0.2, 0.25) is 0 Å². The van der Waals surface area contributed by atoms with E-state index in [1.165, 1.54) is 23.9 Å². The Hall–Kier alpha value is -1.14. The third-order valence-corrected chi connectivity index (χ3v) is 3.19. The molecule has 0 aliphatic rings. The van der Waals surface area contributed by atoms with Crippen LogP contribution in [-0.4, -0.2) is 35.2 Å².